The molecule has 7 heteroatoms. The molecule has 0 aliphatic carbocycles. The second-order valence-electron chi connectivity index (χ2n) is 7.65. The van der Waals surface area contributed by atoms with Crippen LogP contribution in [0, 0.1) is 0 Å². The van der Waals surface area contributed by atoms with E-state index in [1.54, 1.807) is 6.07 Å². The maximum Gasteiger partial charge on any atom is 0.293 e. The van der Waals surface area contributed by atoms with E-state index in [2.05, 4.69) is 36.2 Å². The molecule has 29 heavy (non-hydrogen) atoms. The van der Waals surface area contributed by atoms with Gasteiger partial charge in [0.1, 0.15) is 18.4 Å². The van der Waals surface area contributed by atoms with Crippen LogP contribution in [0.5, 0.6) is 0 Å². The van der Waals surface area contributed by atoms with Crippen molar-refractivity contribution in [2.24, 2.45) is 0 Å². The van der Waals surface area contributed by atoms with Crippen LogP contribution < -0.4 is 5.56 Å². The first-order chi connectivity index (χ1) is 14.1. The van der Waals surface area contributed by atoms with Gasteiger partial charge in [-0.05, 0) is 43.7 Å². The zero-order chi connectivity index (χ0) is 20.4. The first-order valence-electron chi connectivity index (χ1n) is 10.4. The second-order valence-corrected chi connectivity index (χ2v) is 7.65. The molecule has 1 amide bonds. The van der Waals surface area contributed by atoms with Gasteiger partial charge in [0.15, 0.2) is 0 Å². The number of aromatic nitrogens is 4. The van der Waals surface area contributed by atoms with E-state index in [0.717, 1.165) is 49.9 Å². The Kier molecular flexibility index (Phi) is 5.47. The maximum atomic E-state index is 12.9. The third-order valence-electron chi connectivity index (χ3n) is 5.85. The lowest BCUT2D eigenvalue weighted by Crippen LogP contribution is -2.46. The van der Waals surface area contributed by atoms with Crippen molar-refractivity contribution >= 4 is 11.4 Å². The molecule has 0 N–H and O–H groups in total. The van der Waals surface area contributed by atoms with Crippen LogP contribution in [-0.2, 0) is 17.8 Å². The summed E-state index contributed by atoms with van der Waals surface area (Å²) >= 11 is 0. The first kappa shape index (κ1) is 19.4. The molecule has 152 valence electrons. The van der Waals surface area contributed by atoms with Crippen LogP contribution in [0.4, 0.5) is 0 Å². The number of hydrogen-bond acceptors (Lipinski definition) is 4. The van der Waals surface area contributed by atoms with E-state index in [0.29, 0.717) is 5.52 Å². The average Bonchev–Trinajstić information content (AvgIpc) is 3.21. The third kappa shape index (κ3) is 3.81. The first-order valence-corrected chi connectivity index (χ1v) is 10.4. The Balaban J connectivity index is 1.60. The quantitative estimate of drug-likeness (QED) is 0.668. The summed E-state index contributed by atoms with van der Waals surface area (Å²) in [6, 6.07) is 10.2. The number of amides is 1. The normalized spacial score (nSPS) is 17.0. The highest BCUT2D eigenvalue weighted by Gasteiger charge is 2.26. The van der Waals surface area contributed by atoms with Gasteiger partial charge in [0.05, 0.1) is 5.69 Å². The average molecular weight is 393 g/mol. The minimum Gasteiger partial charge on any atom is -0.338 e. The highest BCUT2D eigenvalue weighted by atomic mass is 16.2. The van der Waals surface area contributed by atoms with E-state index >= 15 is 0 Å². The van der Waals surface area contributed by atoms with Crippen molar-refractivity contribution in [3.63, 3.8) is 0 Å². The molecule has 7 nitrogen and oxygen atoms in total. The number of likely N-dealkylation sites (tertiary alicyclic amines) is 1. The molecule has 0 radical (unpaired) electrons. The molecule has 1 fully saturated rings. The Bertz CT molecular complexity index is 1070. The number of fused-ring (bicyclic) bond motifs is 1. The summed E-state index contributed by atoms with van der Waals surface area (Å²) < 4.78 is 2.74. The van der Waals surface area contributed by atoms with Gasteiger partial charge in [-0.3, -0.25) is 9.59 Å². The third-order valence-corrected chi connectivity index (χ3v) is 5.85. The topological polar surface area (TPSA) is 72.5 Å². The number of nitrogens with zero attached hydrogens (tertiary/aromatic N) is 5. The fraction of sp³-hybridized carbons (Fsp3) is 0.455. The van der Waals surface area contributed by atoms with Crippen LogP contribution in [0.1, 0.15) is 45.1 Å². The molecule has 1 aliphatic heterocycles. The summed E-state index contributed by atoms with van der Waals surface area (Å²) in [5.41, 5.74) is 3.05. The van der Waals surface area contributed by atoms with Gasteiger partial charge < -0.3 is 4.90 Å². The summed E-state index contributed by atoms with van der Waals surface area (Å²) in [7, 11) is 0. The van der Waals surface area contributed by atoms with Gasteiger partial charge in [0, 0.05) is 18.2 Å². The summed E-state index contributed by atoms with van der Waals surface area (Å²) in [6.45, 7) is 4.95. The van der Waals surface area contributed by atoms with Crippen LogP contribution in [0.2, 0.25) is 0 Å². The van der Waals surface area contributed by atoms with E-state index in [1.807, 2.05) is 17.0 Å². The van der Waals surface area contributed by atoms with Gasteiger partial charge >= 0.3 is 0 Å². The molecule has 1 saturated heterocycles. The van der Waals surface area contributed by atoms with Gasteiger partial charge in [0.25, 0.3) is 5.56 Å². The maximum absolute atomic E-state index is 12.9. The Labute approximate surface area is 170 Å². The molecule has 1 aliphatic rings. The van der Waals surface area contributed by atoms with E-state index in [4.69, 9.17) is 0 Å². The molecule has 1 aromatic carbocycles. The van der Waals surface area contributed by atoms with Crippen molar-refractivity contribution in [2.75, 3.05) is 6.54 Å². The largest absolute Gasteiger partial charge is 0.338 e. The molecule has 2 aromatic heterocycles. The van der Waals surface area contributed by atoms with Crippen LogP contribution >= 0.6 is 0 Å². The smallest absolute Gasteiger partial charge is 0.293 e. The van der Waals surface area contributed by atoms with E-state index < -0.39 is 0 Å². The van der Waals surface area contributed by atoms with Crippen LogP contribution in [0.15, 0.2) is 41.5 Å². The molecule has 0 saturated carbocycles. The number of benzene rings is 1. The van der Waals surface area contributed by atoms with Crippen molar-refractivity contribution in [3.8, 4) is 11.3 Å². The molecule has 3 aromatic rings. The lowest BCUT2D eigenvalue weighted by atomic mass is 10.00. The zero-order valence-electron chi connectivity index (χ0n) is 17.0. The molecular weight excluding hydrogens is 366 g/mol. The molecule has 0 bridgehead atoms. The Hall–Kier alpha value is -2.96. The Morgan fingerprint density at radius 2 is 1.97 bits per heavy atom. The predicted octanol–water partition coefficient (Wildman–Crippen LogP) is 2.91. The molecule has 4 rings (SSSR count). The number of aryl methyl sites for hydroxylation is 1. The molecular formula is C22H27N5O2. The summed E-state index contributed by atoms with van der Waals surface area (Å²) in [5, 5.41) is 8.66. The standard InChI is InChI=1S/C22H27N5O2/c1-3-16-8-10-17(11-9-16)19-13-20-22(29)26(23-15-27(20)24-19)14-21(28)25-12-6-5-7-18(25)4-2/h8-11,13,15,18H,3-7,12,14H2,1-2H3/t18-/m1/s1. The second kappa shape index (κ2) is 8.19. The highest BCUT2D eigenvalue weighted by Crippen LogP contribution is 2.20. The molecule has 1 atom stereocenters. The number of rotatable bonds is 5. The van der Waals surface area contributed by atoms with Crippen molar-refractivity contribution in [3.05, 3.63) is 52.6 Å². The summed E-state index contributed by atoms with van der Waals surface area (Å²) in [4.78, 5) is 27.6. The van der Waals surface area contributed by atoms with Gasteiger partial charge in [0.2, 0.25) is 5.91 Å². The van der Waals surface area contributed by atoms with Gasteiger partial charge in [-0.25, -0.2) is 9.20 Å². The van der Waals surface area contributed by atoms with Gasteiger partial charge in [-0.2, -0.15) is 10.2 Å². The molecule has 0 spiro atoms. The monoisotopic (exact) mass is 393 g/mol. The van der Waals surface area contributed by atoms with Crippen LogP contribution in [0.3, 0.4) is 0 Å². The van der Waals surface area contributed by atoms with Gasteiger partial charge in [-0.15, -0.1) is 0 Å². The molecule has 0 unspecified atom stereocenters. The number of carbonyl (C=O) groups is 1. The van der Waals surface area contributed by atoms with Crippen molar-refractivity contribution in [1.82, 2.24) is 24.3 Å². The highest BCUT2D eigenvalue weighted by molar-refractivity contribution is 5.76. The minimum atomic E-state index is -0.296. The van der Waals surface area contributed by atoms with Gasteiger partial charge in [-0.1, -0.05) is 38.1 Å². The fourth-order valence-corrected chi connectivity index (χ4v) is 4.08. The van der Waals surface area contributed by atoms with Crippen molar-refractivity contribution < 1.29 is 4.79 Å². The lowest BCUT2D eigenvalue weighted by Gasteiger charge is -2.35. The predicted molar refractivity (Wildman–Crippen MR) is 112 cm³/mol. The number of piperidine rings is 1. The summed E-state index contributed by atoms with van der Waals surface area (Å²) in [6.07, 6.45) is 6.63. The van der Waals surface area contributed by atoms with E-state index in [-0.39, 0.29) is 24.1 Å². The zero-order valence-corrected chi connectivity index (χ0v) is 17.0. The van der Waals surface area contributed by atoms with E-state index in [1.165, 1.54) is 21.1 Å². The van der Waals surface area contributed by atoms with Crippen molar-refractivity contribution in [2.45, 2.75) is 58.5 Å². The molecule has 3 heterocycles. The number of hydrogen-bond donors (Lipinski definition) is 0. The Morgan fingerprint density at radius 3 is 2.69 bits per heavy atom. The van der Waals surface area contributed by atoms with Crippen molar-refractivity contribution in [1.29, 1.82) is 0 Å². The fourth-order valence-electron chi connectivity index (χ4n) is 4.08. The number of carbonyl (C=O) groups excluding carboxylic acids is 1. The van der Waals surface area contributed by atoms with Crippen LogP contribution in [0.25, 0.3) is 16.8 Å². The SMILES string of the molecule is CCc1ccc(-c2cc3c(=O)n(CC(=O)N4CCCC[C@H]4CC)ncn3n2)cc1. The lowest BCUT2D eigenvalue weighted by molar-refractivity contribution is -0.135. The summed E-state index contributed by atoms with van der Waals surface area (Å²) in [5.74, 6) is -0.0367. The minimum absolute atomic E-state index is 0.0302. The van der Waals surface area contributed by atoms with Crippen LogP contribution in [-0.4, -0.2) is 42.8 Å². The van der Waals surface area contributed by atoms with E-state index in [9.17, 15) is 9.59 Å². The Morgan fingerprint density at radius 1 is 1.17 bits per heavy atom.